The van der Waals surface area contributed by atoms with E-state index < -0.39 is 66.2 Å². The van der Waals surface area contributed by atoms with Crippen molar-refractivity contribution in [3.05, 3.63) is 52.3 Å². The largest absolute Gasteiger partial charge is 0.471 e. The van der Waals surface area contributed by atoms with Crippen LogP contribution in [0.5, 0.6) is 5.88 Å². The molecule has 17 heteroatoms. The number of carbonyl (C=O) groups is 2. The van der Waals surface area contributed by atoms with Gasteiger partial charge in [0.15, 0.2) is 12.3 Å². The Kier molecular flexibility index (Phi) is 9.41. The fourth-order valence-electron chi connectivity index (χ4n) is 5.59. The van der Waals surface area contributed by atoms with Crippen molar-refractivity contribution in [2.45, 2.75) is 81.9 Å². The zero-order valence-corrected chi connectivity index (χ0v) is 24.9. The lowest BCUT2D eigenvalue weighted by Crippen LogP contribution is -2.40. The van der Waals surface area contributed by atoms with Crippen LogP contribution in [0.3, 0.4) is 0 Å². The number of pyridine rings is 1. The van der Waals surface area contributed by atoms with Crippen LogP contribution in [-0.2, 0) is 31.0 Å². The molecule has 0 aliphatic heterocycles. The molecule has 1 aromatic carbocycles. The van der Waals surface area contributed by atoms with Crippen molar-refractivity contribution in [1.29, 1.82) is 0 Å². The van der Waals surface area contributed by atoms with Crippen molar-refractivity contribution < 1.29 is 54.6 Å². The highest BCUT2D eigenvalue weighted by atomic mass is 19.4. The number of aromatic nitrogens is 3. The number of hydrogen-bond donors (Lipinski definition) is 3. The third-order valence-electron chi connectivity index (χ3n) is 8.44. The summed E-state index contributed by atoms with van der Waals surface area (Å²) in [6.07, 6.45) is -12.1. The third kappa shape index (κ3) is 7.93. The van der Waals surface area contributed by atoms with Crippen molar-refractivity contribution in [2.24, 2.45) is 13.0 Å². The lowest BCUT2D eigenvalue weighted by molar-refractivity contribution is -0.182. The van der Waals surface area contributed by atoms with E-state index in [1.807, 2.05) is 0 Å². The predicted molar refractivity (Wildman–Crippen MR) is 150 cm³/mol. The molecule has 0 spiro atoms. The van der Waals surface area contributed by atoms with Crippen LogP contribution in [0.15, 0.2) is 24.3 Å². The Hall–Kier alpha value is -4.02. The SMILES string of the molecule is Cn1c(Cc2cc(CNC(=O)C3(O)CC3)ccc2C(F)(F)F)nc2cc(C(=O)NC3CCC(C(F)(F)F)CC3)c(OCC(F)F)nc21. The lowest BCUT2D eigenvalue weighted by atomic mass is 9.85. The molecule has 2 fully saturated rings. The van der Waals surface area contributed by atoms with Crippen LogP contribution >= 0.6 is 0 Å². The number of imidazole rings is 1. The van der Waals surface area contributed by atoms with Gasteiger partial charge in [-0.3, -0.25) is 9.59 Å². The van der Waals surface area contributed by atoms with Crippen LogP contribution in [0.25, 0.3) is 11.2 Å². The molecule has 9 nitrogen and oxygen atoms in total. The molecule has 2 amide bonds. The number of halogens is 8. The van der Waals surface area contributed by atoms with E-state index in [2.05, 4.69) is 20.6 Å². The van der Waals surface area contributed by atoms with Crippen LogP contribution in [0, 0.1) is 5.92 Å². The fourth-order valence-corrected chi connectivity index (χ4v) is 5.59. The first-order valence-electron chi connectivity index (χ1n) is 14.8. The Morgan fingerprint density at radius 1 is 1.06 bits per heavy atom. The van der Waals surface area contributed by atoms with Crippen LogP contribution in [0.2, 0.25) is 0 Å². The maximum absolute atomic E-state index is 14.0. The molecule has 2 aromatic heterocycles. The van der Waals surface area contributed by atoms with Crippen LogP contribution in [-0.4, -0.2) is 62.3 Å². The molecular weight excluding hydrogens is 646 g/mol. The molecular formula is C30H31F8N5O4. The van der Waals surface area contributed by atoms with Crippen LogP contribution < -0.4 is 15.4 Å². The highest BCUT2D eigenvalue weighted by Gasteiger charge is 2.48. The standard InChI is InChI=1S/C30H31F8N5O4/c1-43-23(11-16-10-15(2-7-20(16)30(36,37)38)13-39-27(45)28(46)8-9-28)41-21-12-19(26(42-24(21)43)47-14-22(31)32)25(44)40-18-5-3-17(4-6-18)29(33,34)35/h2,7,10,12,17-18,22,46H,3-6,8-9,11,13-14H2,1H3,(H,39,45)(H,40,44). The number of fused-ring (bicyclic) bond motifs is 1. The average molecular weight is 678 g/mol. The van der Waals surface area contributed by atoms with Crippen molar-refractivity contribution in [3.63, 3.8) is 0 Å². The Bertz CT molecular complexity index is 1640. The molecule has 0 unspecified atom stereocenters. The van der Waals surface area contributed by atoms with Gasteiger partial charge in [0.05, 0.1) is 11.5 Å². The number of rotatable bonds is 10. The molecule has 5 rings (SSSR count). The van der Waals surface area contributed by atoms with Crippen molar-refractivity contribution >= 4 is 23.0 Å². The number of hydrogen-bond acceptors (Lipinski definition) is 6. The van der Waals surface area contributed by atoms with E-state index in [0.29, 0.717) is 18.4 Å². The molecule has 2 saturated carbocycles. The number of benzene rings is 1. The summed E-state index contributed by atoms with van der Waals surface area (Å²) in [4.78, 5) is 33.9. The minimum atomic E-state index is -4.75. The summed E-state index contributed by atoms with van der Waals surface area (Å²) >= 11 is 0. The number of aliphatic hydroxyl groups is 1. The quantitative estimate of drug-likeness (QED) is 0.254. The summed E-state index contributed by atoms with van der Waals surface area (Å²) in [6.45, 7) is -1.27. The number of aryl methyl sites for hydroxylation is 1. The summed E-state index contributed by atoms with van der Waals surface area (Å²) in [6, 6.07) is 3.88. The second kappa shape index (κ2) is 12.9. The summed E-state index contributed by atoms with van der Waals surface area (Å²) in [5.41, 5.74) is -2.56. The van der Waals surface area contributed by atoms with E-state index in [-0.39, 0.29) is 66.8 Å². The molecule has 3 N–H and O–H groups in total. The summed E-state index contributed by atoms with van der Waals surface area (Å²) < 4.78 is 114. The number of nitrogens with zero attached hydrogens (tertiary/aromatic N) is 3. The third-order valence-corrected chi connectivity index (χ3v) is 8.44. The van der Waals surface area contributed by atoms with Gasteiger partial charge in [-0.25, -0.2) is 13.8 Å². The normalized spacial score (nSPS) is 19.6. The molecule has 256 valence electrons. The molecule has 0 saturated heterocycles. The van der Waals surface area contributed by atoms with E-state index in [1.54, 1.807) is 0 Å². The maximum atomic E-state index is 14.0. The molecule has 0 bridgehead atoms. The first-order valence-corrected chi connectivity index (χ1v) is 14.8. The number of nitrogens with one attached hydrogen (secondary N) is 2. The molecule has 2 aliphatic rings. The highest BCUT2D eigenvalue weighted by Crippen LogP contribution is 2.38. The Morgan fingerprint density at radius 3 is 2.34 bits per heavy atom. The van der Waals surface area contributed by atoms with Gasteiger partial charge in [0, 0.05) is 26.1 Å². The predicted octanol–water partition coefficient (Wildman–Crippen LogP) is 5.21. The van der Waals surface area contributed by atoms with Gasteiger partial charge >= 0.3 is 12.4 Å². The maximum Gasteiger partial charge on any atom is 0.416 e. The zero-order valence-electron chi connectivity index (χ0n) is 24.9. The van der Waals surface area contributed by atoms with E-state index >= 15 is 0 Å². The van der Waals surface area contributed by atoms with Gasteiger partial charge in [0.1, 0.15) is 22.5 Å². The number of amides is 2. The molecule has 0 radical (unpaired) electrons. The molecule has 2 heterocycles. The zero-order chi connectivity index (χ0) is 34.3. The Morgan fingerprint density at radius 2 is 1.74 bits per heavy atom. The summed E-state index contributed by atoms with van der Waals surface area (Å²) in [7, 11) is 1.43. The van der Waals surface area contributed by atoms with Crippen LogP contribution in [0.4, 0.5) is 35.1 Å². The van der Waals surface area contributed by atoms with Gasteiger partial charge < -0.3 is 25.0 Å². The number of ether oxygens (including phenoxy) is 1. The second-order valence-electron chi connectivity index (χ2n) is 11.9. The van der Waals surface area contributed by atoms with E-state index in [0.717, 1.165) is 6.07 Å². The monoisotopic (exact) mass is 677 g/mol. The molecule has 47 heavy (non-hydrogen) atoms. The number of carbonyl (C=O) groups excluding carboxylic acids is 2. The van der Waals surface area contributed by atoms with Gasteiger partial charge in [0.25, 0.3) is 18.2 Å². The molecule has 2 aliphatic carbocycles. The van der Waals surface area contributed by atoms with E-state index in [1.165, 1.54) is 29.8 Å². The van der Waals surface area contributed by atoms with Crippen molar-refractivity contribution in [1.82, 2.24) is 25.2 Å². The Labute approximate surface area is 262 Å². The van der Waals surface area contributed by atoms with E-state index in [4.69, 9.17) is 4.74 Å². The fraction of sp³-hybridized carbons (Fsp3) is 0.533. The first kappa shape index (κ1) is 34.3. The van der Waals surface area contributed by atoms with Gasteiger partial charge in [-0.15, -0.1) is 0 Å². The van der Waals surface area contributed by atoms with Crippen molar-refractivity contribution in [2.75, 3.05) is 6.61 Å². The smallest absolute Gasteiger partial charge is 0.416 e. The summed E-state index contributed by atoms with van der Waals surface area (Å²) in [5, 5.41) is 15.1. The average Bonchev–Trinajstić information content (AvgIpc) is 3.68. The van der Waals surface area contributed by atoms with E-state index in [9.17, 15) is 49.8 Å². The van der Waals surface area contributed by atoms with Gasteiger partial charge in [0.2, 0.25) is 5.88 Å². The Balaban J connectivity index is 1.42. The number of alkyl halides is 8. The topological polar surface area (TPSA) is 118 Å². The minimum Gasteiger partial charge on any atom is -0.471 e. The molecule has 0 atom stereocenters. The van der Waals surface area contributed by atoms with Gasteiger partial charge in [-0.2, -0.15) is 31.3 Å². The minimum absolute atomic E-state index is 0.0150. The highest BCUT2D eigenvalue weighted by molar-refractivity contribution is 5.99. The van der Waals surface area contributed by atoms with Gasteiger partial charge in [-0.05, 0) is 61.8 Å². The lowest BCUT2D eigenvalue weighted by Gasteiger charge is -2.30. The van der Waals surface area contributed by atoms with Gasteiger partial charge in [-0.1, -0.05) is 12.1 Å². The van der Waals surface area contributed by atoms with Crippen molar-refractivity contribution in [3.8, 4) is 5.88 Å². The summed E-state index contributed by atoms with van der Waals surface area (Å²) in [5.74, 6) is -3.39. The second-order valence-corrected chi connectivity index (χ2v) is 11.9. The molecule has 3 aromatic rings. The van der Waals surface area contributed by atoms with Crippen LogP contribution in [0.1, 0.15) is 71.4 Å². The first-order chi connectivity index (χ1) is 21.9.